The van der Waals surface area contributed by atoms with Crippen LogP contribution in [0.15, 0.2) is 12.3 Å². The molecular formula is C15H25N3O. The van der Waals surface area contributed by atoms with Crippen molar-refractivity contribution in [3.63, 3.8) is 0 Å². The molecule has 0 amide bonds. The monoisotopic (exact) mass is 263 g/mol. The summed E-state index contributed by atoms with van der Waals surface area (Å²) in [7, 11) is 0. The maximum absolute atomic E-state index is 5.43. The highest BCUT2D eigenvalue weighted by molar-refractivity contribution is 5.01. The molecule has 1 aromatic rings. The Balaban J connectivity index is 1.55. The molecule has 0 aromatic carbocycles. The van der Waals surface area contributed by atoms with E-state index >= 15 is 0 Å². The maximum atomic E-state index is 5.43. The highest BCUT2D eigenvalue weighted by Crippen LogP contribution is 2.28. The summed E-state index contributed by atoms with van der Waals surface area (Å²) in [5.74, 6) is 0. The fourth-order valence-electron chi connectivity index (χ4n) is 3.15. The fraction of sp³-hybridized carbons (Fsp3) is 0.800. The Hall–Kier alpha value is -0.870. The molecule has 1 saturated carbocycles. The van der Waals surface area contributed by atoms with Crippen LogP contribution in [0.1, 0.15) is 57.2 Å². The topological polar surface area (TPSA) is 39.1 Å². The second-order valence-corrected chi connectivity index (χ2v) is 6.25. The van der Waals surface area contributed by atoms with Gasteiger partial charge in [-0.25, -0.2) is 0 Å². The minimum Gasteiger partial charge on any atom is -0.381 e. The fourth-order valence-corrected chi connectivity index (χ4v) is 3.15. The van der Waals surface area contributed by atoms with Crippen molar-refractivity contribution >= 4 is 0 Å². The molecule has 106 valence electrons. The molecule has 1 aromatic heterocycles. The number of aromatic nitrogens is 2. The minimum atomic E-state index is 0.218. The Bertz CT molecular complexity index is 403. The molecule has 0 atom stereocenters. The van der Waals surface area contributed by atoms with Crippen molar-refractivity contribution in [3.8, 4) is 0 Å². The third kappa shape index (κ3) is 3.18. The van der Waals surface area contributed by atoms with Crippen LogP contribution < -0.4 is 5.32 Å². The zero-order valence-electron chi connectivity index (χ0n) is 11.9. The summed E-state index contributed by atoms with van der Waals surface area (Å²) in [6.07, 6.45) is 9.64. The van der Waals surface area contributed by atoms with Gasteiger partial charge in [-0.1, -0.05) is 12.8 Å². The maximum Gasteiger partial charge on any atom is 0.0762 e. The van der Waals surface area contributed by atoms with Crippen LogP contribution in [0.25, 0.3) is 0 Å². The summed E-state index contributed by atoms with van der Waals surface area (Å²) >= 11 is 0. The Morgan fingerprint density at radius 2 is 2.11 bits per heavy atom. The Morgan fingerprint density at radius 1 is 1.37 bits per heavy atom. The number of hydrogen-bond donors (Lipinski definition) is 1. The van der Waals surface area contributed by atoms with E-state index in [1.165, 1.54) is 31.4 Å². The number of ether oxygens (including phenoxy) is 1. The first kappa shape index (κ1) is 13.1. The van der Waals surface area contributed by atoms with Gasteiger partial charge >= 0.3 is 0 Å². The van der Waals surface area contributed by atoms with Gasteiger partial charge in [0, 0.05) is 31.5 Å². The molecule has 0 bridgehead atoms. The summed E-state index contributed by atoms with van der Waals surface area (Å²) in [6, 6.07) is 2.81. The molecule has 0 spiro atoms. The summed E-state index contributed by atoms with van der Waals surface area (Å²) in [6.45, 7) is 4.92. The standard InChI is InChI=1S/C15H25N3O/c1-15(7-10-19-11-8-15)16-12-13-6-9-18(17-13)14-4-2-3-5-14/h6,9,14,16H,2-5,7-8,10-12H2,1H3. The molecule has 2 heterocycles. The molecule has 0 unspecified atom stereocenters. The van der Waals surface area contributed by atoms with Crippen molar-refractivity contribution < 1.29 is 4.74 Å². The van der Waals surface area contributed by atoms with Crippen LogP contribution in [-0.4, -0.2) is 28.5 Å². The van der Waals surface area contributed by atoms with Gasteiger partial charge in [-0.2, -0.15) is 5.10 Å². The van der Waals surface area contributed by atoms with Gasteiger partial charge in [0.05, 0.1) is 11.7 Å². The van der Waals surface area contributed by atoms with E-state index in [0.29, 0.717) is 6.04 Å². The second kappa shape index (κ2) is 5.63. The first-order valence-electron chi connectivity index (χ1n) is 7.62. The van der Waals surface area contributed by atoms with Crippen LogP contribution >= 0.6 is 0 Å². The van der Waals surface area contributed by atoms with Gasteiger partial charge in [0.1, 0.15) is 0 Å². The number of nitrogens with zero attached hydrogens (tertiary/aromatic N) is 2. The molecule has 1 N–H and O–H groups in total. The molecular weight excluding hydrogens is 238 g/mol. The summed E-state index contributed by atoms with van der Waals surface area (Å²) < 4.78 is 7.61. The molecule has 2 fully saturated rings. The van der Waals surface area contributed by atoms with E-state index in [4.69, 9.17) is 9.84 Å². The number of nitrogens with one attached hydrogen (secondary N) is 1. The molecule has 1 saturated heterocycles. The molecule has 4 nitrogen and oxygen atoms in total. The first-order chi connectivity index (χ1) is 9.25. The second-order valence-electron chi connectivity index (χ2n) is 6.25. The average Bonchev–Trinajstić information content (AvgIpc) is 3.08. The summed E-state index contributed by atoms with van der Waals surface area (Å²) in [5, 5.41) is 8.39. The highest BCUT2D eigenvalue weighted by Gasteiger charge is 2.26. The van der Waals surface area contributed by atoms with E-state index < -0.39 is 0 Å². The molecule has 4 heteroatoms. The van der Waals surface area contributed by atoms with Crippen LogP contribution in [0, 0.1) is 0 Å². The van der Waals surface area contributed by atoms with E-state index in [9.17, 15) is 0 Å². The molecule has 2 aliphatic rings. The molecule has 0 radical (unpaired) electrons. The van der Waals surface area contributed by atoms with Crippen molar-refractivity contribution in [3.05, 3.63) is 18.0 Å². The Morgan fingerprint density at radius 3 is 2.84 bits per heavy atom. The van der Waals surface area contributed by atoms with E-state index in [1.54, 1.807) is 0 Å². The van der Waals surface area contributed by atoms with E-state index in [-0.39, 0.29) is 5.54 Å². The third-order valence-electron chi connectivity index (χ3n) is 4.66. The lowest BCUT2D eigenvalue weighted by Crippen LogP contribution is -2.46. The normalized spacial score (nSPS) is 23.8. The van der Waals surface area contributed by atoms with Gasteiger partial charge in [-0.15, -0.1) is 0 Å². The number of rotatable bonds is 4. The van der Waals surface area contributed by atoms with Crippen molar-refractivity contribution in [1.82, 2.24) is 15.1 Å². The lowest BCUT2D eigenvalue weighted by Gasteiger charge is -2.34. The minimum absolute atomic E-state index is 0.218. The predicted molar refractivity (Wildman–Crippen MR) is 75.0 cm³/mol. The molecule has 3 rings (SSSR count). The molecule has 19 heavy (non-hydrogen) atoms. The largest absolute Gasteiger partial charge is 0.381 e. The zero-order chi connectivity index (χ0) is 13.1. The molecule has 1 aliphatic carbocycles. The van der Waals surface area contributed by atoms with Gasteiger partial charge in [0.2, 0.25) is 0 Å². The van der Waals surface area contributed by atoms with Gasteiger partial charge in [0.25, 0.3) is 0 Å². The van der Waals surface area contributed by atoms with Crippen molar-refractivity contribution in [1.29, 1.82) is 0 Å². The van der Waals surface area contributed by atoms with E-state index in [1.807, 2.05) is 0 Å². The van der Waals surface area contributed by atoms with E-state index in [0.717, 1.165) is 32.6 Å². The smallest absolute Gasteiger partial charge is 0.0762 e. The molecule has 1 aliphatic heterocycles. The third-order valence-corrected chi connectivity index (χ3v) is 4.66. The SMILES string of the molecule is CC1(NCc2ccn(C3CCCC3)n2)CCOCC1. The highest BCUT2D eigenvalue weighted by atomic mass is 16.5. The van der Waals surface area contributed by atoms with Crippen LogP contribution in [0.2, 0.25) is 0 Å². The van der Waals surface area contributed by atoms with Crippen LogP contribution in [0.4, 0.5) is 0 Å². The first-order valence-corrected chi connectivity index (χ1v) is 7.62. The van der Waals surface area contributed by atoms with Crippen molar-refractivity contribution in [2.24, 2.45) is 0 Å². The van der Waals surface area contributed by atoms with Crippen LogP contribution in [0.5, 0.6) is 0 Å². The van der Waals surface area contributed by atoms with Crippen LogP contribution in [-0.2, 0) is 11.3 Å². The number of hydrogen-bond acceptors (Lipinski definition) is 3. The zero-order valence-corrected chi connectivity index (χ0v) is 11.9. The lowest BCUT2D eigenvalue weighted by molar-refractivity contribution is 0.0444. The van der Waals surface area contributed by atoms with E-state index in [2.05, 4.69) is 29.2 Å². The Labute approximate surface area is 115 Å². The quantitative estimate of drug-likeness (QED) is 0.907. The predicted octanol–water partition coefficient (Wildman–Crippen LogP) is 2.66. The average molecular weight is 263 g/mol. The van der Waals surface area contributed by atoms with Gasteiger partial charge in [-0.05, 0) is 38.7 Å². The van der Waals surface area contributed by atoms with Gasteiger partial charge in [0.15, 0.2) is 0 Å². The Kier molecular flexibility index (Phi) is 3.89. The summed E-state index contributed by atoms with van der Waals surface area (Å²) in [4.78, 5) is 0. The summed E-state index contributed by atoms with van der Waals surface area (Å²) in [5.41, 5.74) is 1.38. The van der Waals surface area contributed by atoms with Crippen molar-refractivity contribution in [2.75, 3.05) is 13.2 Å². The van der Waals surface area contributed by atoms with Gasteiger partial charge in [-0.3, -0.25) is 4.68 Å². The van der Waals surface area contributed by atoms with Crippen LogP contribution in [0.3, 0.4) is 0 Å². The lowest BCUT2D eigenvalue weighted by atomic mass is 9.92. The van der Waals surface area contributed by atoms with Crippen molar-refractivity contribution in [2.45, 2.75) is 63.6 Å². The van der Waals surface area contributed by atoms with Gasteiger partial charge < -0.3 is 10.1 Å².